The molecule has 0 aliphatic carbocycles. The fourth-order valence-electron chi connectivity index (χ4n) is 1.80. The molecule has 5 nitrogen and oxygen atoms in total. The second-order valence-electron chi connectivity index (χ2n) is 5.03. The number of hydrogen-bond acceptors (Lipinski definition) is 5. The SMILES string of the molecule is CC(=O)c1ccc(C(=O)Cl)cc1.O=C(Cl)c1cc(C(=O)Cl)cc(C(=O)Cl)c1. The Morgan fingerprint density at radius 1 is 0.519 bits per heavy atom. The van der Waals surface area contributed by atoms with Gasteiger partial charge < -0.3 is 0 Å². The van der Waals surface area contributed by atoms with Crippen molar-refractivity contribution in [1.82, 2.24) is 0 Å². The summed E-state index contributed by atoms with van der Waals surface area (Å²) in [5.41, 5.74) is 0.963. The molecule has 0 amide bonds. The molecule has 140 valence electrons. The minimum Gasteiger partial charge on any atom is -0.295 e. The zero-order chi connectivity index (χ0) is 20.7. The molecule has 0 bridgehead atoms. The molecule has 0 unspecified atom stereocenters. The van der Waals surface area contributed by atoms with Crippen molar-refractivity contribution in [3.8, 4) is 0 Å². The van der Waals surface area contributed by atoms with E-state index in [1.165, 1.54) is 37.3 Å². The smallest absolute Gasteiger partial charge is 0.252 e. The van der Waals surface area contributed by atoms with E-state index in [4.69, 9.17) is 46.4 Å². The van der Waals surface area contributed by atoms with E-state index in [1.807, 2.05) is 0 Å². The summed E-state index contributed by atoms with van der Waals surface area (Å²) in [5, 5.41) is -2.90. The van der Waals surface area contributed by atoms with Gasteiger partial charge in [-0.15, -0.1) is 0 Å². The first-order valence-corrected chi connectivity index (χ1v) is 8.59. The minimum absolute atomic E-state index is 0.00725. The van der Waals surface area contributed by atoms with Crippen molar-refractivity contribution in [3.05, 3.63) is 70.3 Å². The standard InChI is InChI=1S/C9H3Cl3O3.C9H7ClO2/c10-7(13)4-1-5(8(11)14)3-6(2-4)9(12)15;1-6(11)7-2-4-8(5-3-7)9(10)12/h1-3H;2-5H,1H3. The van der Waals surface area contributed by atoms with Crippen LogP contribution >= 0.6 is 46.4 Å². The molecule has 0 heterocycles. The predicted molar refractivity (Wildman–Crippen MR) is 104 cm³/mol. The Hall–Kier alpha value is -2.05. The lowest BCUT2D eigenvalue weighted by Crippen LogP contribution is -2.00. The molecule has 0 saturated heterocycles. The third-order valence-electron chi connectivity index (χ3n) is 3.13. The Morgan fingerprint density at radius 3 is 1.00 bits per heavy atom. The Bertz CT molecular complexity index is 808. The first-order valence-electron chi connectivity index (χ1n) is 7.08. The average Bonchev–Trinajstić information content (AvgIpc) is 2.61. The van der Waals surface area contributed by atoms with Gasteiger partial charge in [-0.25, -0.2) is 0 Å². The molecule has 27 heavy (non-hydrogen) atoms. The Morgan fingerprint density at radius 2 is 0.778 bits per heavy atom. The van der Waals surface area contributed by atoms with Crippen molar-refractivity contribution < 1.29 is 24.0 Å². The highest BCUT2D eigenvalue weighted by molar-refractivity contribution is 6.70. The molecular weight excluding hydrogens is 438 g/mol. The second-order valence-corrected chi connectivity index (χ2v) is 6.40. The Kier molecular flexibility index (Phi) is 8.79. The van der Waals surface area contributed by atoms with Gasteiger partial charge in [0.2, 0.25) is 0 Å². The van der Waals surface area contributed by atoms with E-state index in [0.717, 1.165) is 0 Å². The number of carbonyl (C=O) groups is 5. The third kappa shape index (κ3) is 7.23. The van der Waals surface area contributed by atoms with E-state index in [1.54, 1.807) is 12.1 Å². The zero-order valence-corrected chi connectivity index (χ0v) is 16.6. The average molecular weight is 448 g/mol. The topological polar surface area (TPSA) is 85.3 Å². The van der Waals surface area contributed by atoms with E-state index in [0.29, 0.717) is 11.1 Å². The number of ketones is 1. The van der Waals surface area contributed by atoms with Gasteiger partial charge in [0, 0.05) is 27.8 Å². The van der Waals surface area contributed by atoms with Gasteiger partial charge in [-0.1, -0.05) is 12.1 Å². The number of rotatable bonds is 5. The van der Waals surface area contributed by atoms with Gasteiger partial charge in [-0.3, -0.25) is 24.0 Å². The predicted octanol–water partition coefficient (Wildman–Crippen LogP) is 5.09. The van der Waals surface area contributed by atoms with Crippen molar-refractivity contribution in [2.75, 3.05) is 0 Å². The number of carbonyl (C=O) groups excluding carboxylic acids is 5. The lowest BCUT2D eigenvalue weighted by atomic mass is 10.1. The molecule has 0 aromatic heterocycles. The number of hydrogen-bond donors (Lipinski definition) is 0. The molecule has 2 aromatic carbocycles. The highest BCUT2D eigenvalue weighted by Crippen LogP contribution is 2.16. The van der Waals surface area contributed by atoms with Gasteiger partial charge in [0.05, 0.1) is 0 Å². The summed E-state index contributed by atoms with van der Waals surface area (Å²) < 4.78 is 0. The highest BCUT2D eigenvalue weighted by atomic mass is 35.5. The lowest BCUT2D eigenvalue weighted by molar-refractivity contribution is 0.101. The van der Waals surface area contributed by atoms with Gasteiger partial charge in [0.15, 0.2) is 5.78 Å². The summed E-state index contributed by atoms with van der Waals surface area (Å²) in [4.78, 5) is 54.0. The highest BCUT2D eigenvalue weighted by Gasteiger charge is 2.13. The van der Waals surface area contributed by atoms with Crippen LogP contribution in [-0.4, -0.2) is 26.8 Å². The minimum atomic E-state index is -0.797. The van der Waals surface area contributed by atoms with Crippen LogP contribution in [0.5, 0.6) is 0 Å². The molecule has 2 rings (SSSR count). The van der Waals surface area contributed by atoms with E-state index in [-0.39, 0.29) is 22.5 Å². The second kappa shape index (κ2) is 10.3. The molecule has 0 saturated carbocycles. The molecule has 0 N–H and O–H groups in total. The van der Waals surface area contributed by atoms with Crippen LogP contribution in [0.1, 0.15) is 58.7 Å². The normalized spacial score (nSPS) is 9.67. The molecule has 0 fully saturated rings. The number of benzene rings is 2. The summed E-state index contributed by atoms with van der Waals surface area (Å²) >= 11 is 20.8. The molecule has 0 atom stereocenters. The molecule has 0 aliphatic heterocycles. The summed E-state index contributed by atoms with van der Waals surface area (Å²) in [7, 11) is 0. The lowest BCUT2D eigenvalue weighted by Gasteiger charge is -2.00. The van der Waals surface area contributed by atoms with Crippen LogP contribution in [0.3, 0.4) is 0 Å². The molecule has 0 aliphatic rings. The van der Waals surface area contributed by atoms with Crippen LogP contribution < -0.4 is 0 Å². The number of Topliss-reactive ketones (excluding diaryl/α,β-unsaturated/α-hetero) is 1. The summed E-state index contributed by atoms with van der Waals surface area (Å²) in [5.74, 6) is -0.0245. The van der Waals surface area contributed by atoms with Crippen LogP contribution in [0.15, 0.2) is 42.5 Å². The van der Waals surface area contributed by atoms with Crippen LogP contribution in [0, 0.1) is 0 Å². The molecule has 0 spiro atoms. The maximum Gasteiger partial charge on any atom is 0.252 e. The van der Waals surface area contributed by atoms with Crippen molar-refractivity contribution in [2.45, 2.75) is 6.92 Å². The summed E-state index contributed by atoms with van der Waals surface area (Å²) in [6.45, 7) is 1.47. The first-order chi connectivity index (χ1) is 12.5. The van der Waals surface area contributed by atoms with E-state index in [2.05, 4.69) is 0 Å². The van der Waals surface area contributed by atoms with E-state index in [9.17, 15) is 24.0 Å². The van der Waals surface area contributed by atoms with Gasteiger partial charge in [-0.05, 0) is 83.7 Å². The fourth-order valence-corrected chi connectivity index (χ4v) is 2.26. The molecule has 2 aromatic rings. The van der Waals surface area contributed by atoms with Gasteiger partial charge in [0.1, 0.15) is 0 Å². The quantitative estimate of drug-likeness (QED) is 0.470. The monoisotopic (exact) mass is 446 g/mol. The summed E-state index contributed by atoms with van der Waals surface area (Å²) in [6.07, 6.45) is 0. The summed E-state index contributed by atoms with van der Waals surface area (Å²) in [6, 6.07) is 9.80. The largest absolute Gasteiger partial charge is 0.295 e. The van der Waals surface area contributed by atoms with Gasteiger partial charge in [0.25, 0.3) is 21.0 Å². The first kappa shape index (κ1) is 23.0. The van der Waals surface area contributed by atoms with Crippen LogP contribution in [0.2, 0.25) is 0 Å². The van der Waals surface area contributed by atoms with E-state index < -0.39 is 21.0 Å². The van der Waals surface area contributed by atoms with Crippen molar-refractivity contribution in [1.29, 1.82) is 0 Å². The maximum atomic E-state index is 10.9. The van der Waals surface area contributed by atoms with Crippen LogP contribution in [-0.2, 0) is 0 Å². The van der Waals surface area contributed by atoms with Gasteiger partial charge >= 0.3 is 0 Å². The molecular formula is C18H10Cl4O5. The van der Waals surface area contributed by atoms with Crippen LogP contribution in [0.4, 0.5) is 0 Å². The third-order valence-corrected chi connectivity index (χ3v) is 4.01. The molecule has 9 heteroatoms. The number of halogens is 4. The van der Waals surface area contributed by atoms with Crippen molar-refractivity contribution in [3.63, 3.8) is 0 Å². The molecule has 0 radical (unpaired) electrons. The maximum absolute atomic E-state index is 10.9. The van der Waals surface area contributed by atoms with Crippen molar-refractivity contribution in [2.24, 2.45) is 0 Å². The van der Waals surface area contributed by atoms with Crippen molar-refractivity contribution >= 4 is 73.2 Å². The fraction of sp³-hybridized carbons (Fsp3) is 0.0556. The van der Waals surface area contributed by atoms with Gasteiger partial charge in [-0.2, -0.15) is 0 Å². The Balaban J connectivity index is 0.000000277. The van der Waals surface area contributed by atoms with Crippen LogP contribution in [0.25, 0.3) is 0 Å². The van der Waals surface area contributed by atoms with E-state index >= 15 is 0 Å². The Labute approximate surface area is 174 Å². The zero-order valence-electron chi connectivity index (χ0n) is 13.6.